The molecule has 0 saturated carbocycles. The van der Waals surface area contributed by atoms with Gasteiger partial charge in [0.15, 0.2) is 0 Å². The van der Waals surface area contributed by atoms with Gasteiger partial charge in [-0.25, -0.2) is 4.98 Å². The van der Waals surface area contributed by atoms with Crippen LogP contribution in [-0.2, 0) is 13.1 Å². The summed E-state index contributed by atoms with van der Waals surface area (Å²) in [6.07, 6.45) is 0. The maximum absolute atomic E-state index is 5.89. The van der Waals surface area contributed by atoms with Crippen LogP contribution in [0.5, 0.6) is 11.5 Å². The second-order valence-corrected chi connectivity index (χ2v) is 6.50. The van der Waals surface area contributed by atoms with Crippen molar-refractivity contribution in [2.24, 2.45) is 0 Å². The van der Waals surface area contributed by atoms with Crippen molar-refractivity contribution in [1.29, 1.82) is 0 Å². The molecule has 5 heteroatoms. The van der Waals surface area contributed by atoms with Crippen LogP contribution in [0.25, 0.3) is 11.5 Å². The molecule has 0 saturated heterocycles. The molecule has 0 aliphatic heterocycles. The highest BCUT2D eigenvalue weighted by atomic mass is 16.5. The van der Waals surface area contributed by atoms with Crippen molar-refractivity contribution < 1.29 is 13.9 Å². The predicted octanol–water partition coefficient (Wildman–Crippen LogP) is 4.69. The van der Waals surface area contributed by atoms with Crippen LogP contribution in [0.3, 0.4) is 0 Å². The van der Waals surface area contributed by atoms with E-state index in [-0.39, 0.29) is 0 Å². The molecule has 0 atom stereocenters. The number of aromatic nitrogens is 1. The van der Waals surface area contributed by atoms with E-state index in [9.17, 15) is 0 Å². The Bertz CT molecular complexity index is 872. The van der Waals surface area contributed by atoms with Gasteiger partial charge in [0.05, 0.1) is 19.4 Å². The van der Waals surface area contributed by atoms with Crippen LogP contribution in [0.4, 0.5) is 0 Å². The van der Waals surface area contributed by atoms with Crippen molar-refractivity contribution in [2.75, 3.05) is 20.8 Å². The summed E-state index contributed by atoms with van der Waals surface area (Å²) in [7, 11) is 3.76. The number of nitrogens with zero attached hydrogens (tertiary/aromatic N) is 2. The van der Waals surface area contributed by atoms with Gasteiger partial charge in [-0.1, -0.05) is 12.1 Å². The number of ether oxygens (including phenoxy) is 2. The van der Waals surface area contributed by atoms with Crippen LogP contribution in [0.15, 0.2) is 52.9 Å². The number of hydrogen-bond donors (Lipinski definition) is 0. The summed E-state index contributed by atoms with van der Waals surface area (Å²) < 4.78 is 16.7. The number of benzene rings is 2. The first-order chi connectivity index (χ1) is 13.1. The third-order valence-corrected chi connectivity index (χ3v) is 4.31. The van der Waals surface area contributed by atoms with E-state index < -0.39 is 0 Å². The summed E-state index contributed by atoms with van der Waals surface area (Å²) in [4.78, 5) is 6.91. The number of methoxy groups -OCH3 is 1. The topological polar surface area (TPSA) is 47.7 Å². The van der Waals surface area contributed by atoms with Crippen LogP contribution < -0.4 is 9.47 Å². The van der Waals surface area contributed by atoms with Crippen LogP contribution >= 0.6 is 0 Å². The molecule has 0 radical (unpaired) electrons. The van der Waals surface area contributed by atoms with Gasteiger partial charge in [0.1, 0.15) is 17.3 Å². The van der Waals surface area contributed by atoms with E-state index in [4.69, 9.17) is 18.9 Å². The van der Waals surface area contributed by atoms with Crippen molar-refractivity contribution in [3.05, 3.63) is 65.5 Å². The van der Waals surface area contributed by atoms with E-state index in [2.05, 4.69) is 24.1 Å². The molecule has 3 aromatic rings. The van der Waals surface area contributed by atoms with Gasteiger partial charge in [-0.15, -0.1) is 0 Å². The molecule has 0 spiro atoms. The average molecular weight is 366 g/mol. The van der Waals surface area contributed by atoms with Crippen LogP contribution in [0.1, 0.15) is 23.9 Å². The summed E-state index contributed by atoms with van der Waals surface area (Å²) >= 11 is 0. The lowest BCUT2D eigenvalue weighted by molar-refractivity contribution is 0.312. The van der Waals surface area contributed by atoms with Crippen LogP contribution in [0, 0.1) is 6.92 Å². The Morgan fingerprint density at radius 2 is 1.81 bits per heavy atom. The Morgan fingerprint density at radius 1 is 1.04 bits per heavy atom. The smallest absolute Gasteiger partial charge is 0.226 e. The Hall–Kier alpha value is -2.79. The van der Waals surface area contributed by atoms with Gasteiger partial charge in [0.25, 0.3) is 0 Å². The molecule has 5 nitrogen and oxygen atoms in total. The second kappa shape index (κ2) is 8.73. The minimum atomic E-state index is 0.639. The average Bonchev–Trinajstić information content (AvgIpc) is 3.03. The number of aryl methyl sites for hydroxylation is 1. The maximum Gasteiger partial charge on any atom is 0.226 e. The molecular formula is C22H26N2O3. The molecule has 2 aromatic carbocycles. The van der Waals surface area contributed by atoms with Crippen LogP contribution in [0.2, 0.25) is 0 Å². The van der Waals surface area contributed by atoms with Crippen molar-refractivity contribution in [3.63, 3.8) is 0 Å². The molecule has 0 aliphatic carbocycles. The van der Waals surface area contributed by atoms with Gasteiger partial charge in [-0.05, 0) is 62.9 Å². The zero-order valence-electron chi connectivity index (χ0n) is 16.4. The second-order valence-electron chi connectivity index (χ2n) is 6.50. The fourth-order valence-electron chi connectivity index (χ4n) is 2.95. The van der Waals surface area contributed by atoms with Crippen molar-refractivity contribution in [2.45, 2.75) is 26.9 Å². The molecule has 1 aromatic heterocycles. The summed E-state index contributed by atoms with van der Waals surface area (Å²) in [5.74, 6) is 3.20. The van der Waals surface area contributed by atoms with Crippen LogP contribution in [-0.4, -0.2) is 30.6 Å². The number of oxazole rings is 1. The quantitative estimate of drug-likeness (QED) is 0.579. The lowest BCUT2D eigenvalue weighted by Gasteiger charge is -2.16. The first-order valence-corrected chi connectivity index (χ1v) is 9.10. The highest BCUT2D eigenvalue weighted by Crippen LogP contribution is 2.25. The lowest BCUT2D eigenvalue weighted by atomic mass is 10.2. The number of hydrogen-bond acceptors (Lipinski definition) is 5. The molecule has 0 unspecified atom stereocenters. The molecule has 0 amide bonds. The summed E-state index contributed by atoms with van der Waals surface area (Å²) in [5, 5.41) is 0. The third kappa shape index (κ3) is 4.89. The first kappa shape index (κ1) is 19.0. The largest absolute Gasteiger partial charge is 0.497 e. The molecule has 142 valence electrons. The Labute approximate surface area is 160 Å². The lowest BCUT2D eigenvalue weighted by Crippen LogP contribution is -2.18. The maximum atomic E-state index is 5.89. The van der Waals surface area contributed by atoms with E-state index in [1.165, 1.54) is 5.56 Å². The van der Waals surface area contributed by atoms with E-state index in [1.54, 1.807) is 7.11 Å². The minimum Gasteiger partial charge on any atom is -0.497 e. The molecular weight excluding hydrogens is 340 g/mol. The minimum absolute atomic E-state index is 0.639. The molecule has 0 bridgehead atoms. The highest BCUT2D eigenvalue weighted by molar-refractivity contribution is 5.55. The monoisotopic (exact) mass is 366 g/mol. The van der Waals surface area contributed by atoms with E-state index in [0.29, 0.717) is 19.0 Å². The molecule has 1 heterocycles. The van der Waals surface area contributed by atoms with E-state index in [1.807, 2.05) is 50.2 Å². The summed E-state index contributed by atoms with van der Waals surface area (Å²) in [6, 6.07) is 15.9. The van der Waals surface area contributed by atoms with E-state index >= 15 is 0 Å². The van der Waals surface area contributed by atoms with Crippen molar-refractivity contribution >= 4 is 0 Å². The zero-order valence-corrected chi connectivity index (χ0v) is 16.4. The van der Waals surface area contributed by atoms with Crippen molar-refractivity contribution in [1.82, 2.24) is 9.88 Å². The first-order valence-electron chi connectivity index (χ1n) is 9.10. The van der Waals surface area contributed by atoms with Gasteiger partial charge >= 0.3 is 0 Å². The van der Waals surface area contributed by atoms with Gasteiger partial charge in [-0.2, -0.15) is 0 Å². The summed E-state index contributed by atoms with van der Waals surface area (Å²) in [6.45, 7) is 6.10. The Kier molecular flexibility index (Phi) is 6.14. The molecule has 0 fully saturated rings. The summed E-state index contributed by atoms with van der Waals surface area (Å²) in [5.41, 5.74) is 3.09. The Balaban J connectivity index is 1.68. The SMILES string of the molecule is CCOc1ccc(-c2nc(CN(C)Cc3cccc(OC)c3)c(C)o2)cc1. The Morgan fingerprint density at radius 3 is 2.52 bits per heavy atom. The van der Waals surface area contributed by atoms with Gasteiger partial charge < -0.3 is 13.9 Å². The van der Waals surface area contributed by atoms with Crippen molar-refractivity contribution in [3.8, 4) is 23.0 Å². The molecule has 0 N–H and O–H groups in total. The third-order valence-electron chi connectivity index (χ3n) is 4.31. The zero-order chi connectivity index (χ0) is 19.2. The molecule has 3 rings (SSSR count). The van der Waals surface area contributed by atoms with Gasteiger partial charge in [-0.3, -0.25) is 4.90 Å². The van der Waals surface area contributed by atoms with Gasteiger partial charge in [0.2, 0.25) is 5.89 Å². The normalized spacial score (nSPS) is 11.0. The standard InChI is InChI=1S/C22H26N2O3/c1-5-26-19-11-9-18(10-12-19)22-23-21(16(2)27-22)15-24(3)14-17-7-6-8-20(13-17)25-4/h6-13H,5,14-15H2,1-4H3. The predicted molar refractivity (Wildman–Crippen MR) is 106 cm³/mol. The fraction of sp³-hybridized carbons (Fsp3) is 0.318. The fourth-order valence-corrected chi connectivity index (χ4v) is 2.95. The molecule has 27 heavy (non-hydrogen) atoms. The van der Waals surface area contributed by atoms with E-state index in [0.717, 1.165) is 35.1 Å². The highest BCUT2D eigenvalue weighted by Gasteiger charge is 2.14. The number of rotatable bonds is 8. The van der Waals surface area contributed by atoms with Gasteiger partial charge in [0, 0.05) is 18.7 Å². The molecule has 0 aliphatic rings.